The van der Waals surface area contributed by atoms with Crippen molar-refractivity contribution >= 4 is 34.9 Å². The Hall–Kier alpha value is -1.92. The largest absolute Gasteiger partial charge is 0.325 e. The van der Waals surface area contributed by atoms with Gasteiger partial charge in [0.2, 0.25) is 0 Å². The molecule has 0 radical (unpaired) electrons. The zero-order valence-corrected chi connectivity index (χ0v) is 13.7. The van der Waals surface area contributed by atoms with E-state index >= 15 is 0 Å². The maximum Gasteiger partial charge on any atom is 0.325 e. The zero-order valence-electron chi connectivity index (χ0n) is 12.1. The summed E-state index contributed by atoms with van der Waals surface area (Å²) in [6.45, 7) is 3.81. The maximum absolute atomic E-state index is 12.7. The lowest BCUT2D eigenvalue weighted by Crippen LogP contribution is -2.40. The van der Waals surface area contributed by atoms with E-state index in [1.165, 1.54) is 16.2 Å². The first-order valence-corrected chi connectivity index (χ1v) is 7.97. The van der Waals surface area contributed by atoms with Crippen LogP contribution in [0.5, 0.6) is 0 Å². The summed E-state index contributed by atoms with van der Waals surface area (Å²) in [7, 11) is 0. The summed E-state index contributed by atoms with van der Waals surface area (Å²) in [5.74, 6) is -0.287. The number of aryl methyl sites for hydroxylation is 1. The third kappa shape index (κ3) is 2.48. The van der Waals surface area contributed by atoms with E-state index in [0.717, 1.165) is 11.1 Å². The number of benzene rings is 1. The van der Waals surface area contributed by atoms with Crippen molar-refractivity contribution in [1.82, 2.24) is 15.2 Å². The Bertz CT molecular complexity index is 744. The smallest absolute Gasteiger partial charge is 0.319 e. The van der Waals surface area contributed by atoms with Crippen LogP contribution in [-0.4, -0.2) is 21.8 Å². The fraction of sp³-hybridized carbons (Fsp3) is 0.267. The quantitative estimate of drug-likeness (QED) is 0.877. The molecule has 0 saturated carbocycles. The number of aromatic nitrogens is 1. The number of nitrogens with zero attached hydrogens (tertiary/aromatic N) is 2. The van der Waals surface area contributed by atoms with Crippen molar-refractivity contribution in [3.05, 3.63) is 50.9 Å². The summed E-state index contributed by atoms with van der Waals surface area (Å²) >= 11 is 7.06. The highest BCUT2D eigenvalue weighted by Gasteiger charge is 2.49. The normalized spacial score (nSPS) is 21.3. The number of hydrogen-bond acceptors (Lipinski definition) is 4. The van der Waals surface area contributed by atoms with Crippen molar-refractivity contribution in [1.29, 1.82) is 0 Å². The van der Waals surface area contributed by atoms with E-state index in [4.69, 9.17) is 11.6 Å². The van der Waals surface area contributed by atoms with Crippen molar-refractivity contribution < 1.29 is 9.59 Å². The average molecular weight is 336 g/mol. The maximum atomic E-state index is 12.7. The van der Waals surface area contributed by atoms with Crippen LogP contribution in [0.3, 0.4) is 0 Å². The number of carbonyl (C=O) groups excluding carboxylic acids is 2. The number of rotatable bonds is 3. The molecule has 114 valence electrons. The van der Waals surface area contributed by atoms with E-state index in [2.05, 4.69) is 10.3 Å². The highest BCUT2D eigenvalue weighted by molar-refractivity contribution is 7.13. The molecule has 1 fully saturated rings. The van der Waals surface area contributed by atoms with Crippen molar-refractivity contribution in [2.75, 3.05) is 0 Å². The van der Waals surface area contributed by atoms with Crippen LogP contribution in [-0.2, 0) is 16.9 Å². The molecule has 0 bridgehead atoms. The molecule has 3 rings (SSSR count). The molecule has 1 aromatic heterocycles. The van der Waals surface area contributed by atoms with Crippen molar-refractivity contribution in [2.24, 2.45) is 0 Å². The van der Waals surface area contributed by atoms with Crippen LogP contribution in [0.2, 0.25) is 4.47 Å². The van der Waals surface area contributed by atoms with E-state index in [0.29, 0.717) is 10.2 Å². The summed E-state index contributed by atoms with van der Waals surface area (Å²) < 4.78 is 0.392. The second kappa shape index (κ2) is 5.37. The molecule has 2 heterocycles. The SMILES string of the molecule is Cc1ccc([C@]2(C)NC(=O)N(Cc3csc(Cl)n3)C2=O)cc1. The Balaban J connectivity index is 1.88. The minimum Gasteiger partial charge on any atom is -0.319 e. The zero-order chi connectivity index (χ0) is 15.9. The average Bonchev–Trinajstić information content (AvgIpc) is 2.97. The van der Waals surface area contributed by atoms with Gasteiger partial charge in [0.15, 0.2) is 4.47 Å². The molecule has 1 aliphatic heterocycles. The molecule has 2 aromatic rings. The van der Waals surface area contributed by atoms with Crippen molar-refractivity contribution in [3.8, 4) is 0 Å². The van der Waals surface area contributed by atoms with Gasteiger partial charge >= 0.3 is 6.03 Å². The third-order valence-electron chi connectivity index (χ3n) is 3.75. The molecule has 1 aromatic carbocycles. The van der Waals surface area contributed by atoms with Crippen LogP contribution in [0.15, 0.2) is 29.6 Å². The van der Waals surface area contributed by atoms with Gasteiger partial charge in [-0.3, -0.25) is 9.69 Å². The van der Waals surface area contributed by atoms with Gasteiger partial charge in [-0.2, -0.15) is 0 Å². The summed E-state index contributed by atoms with van der Waals surface area (Å²) in [4.78, 5) is 30.2. The molecule has 0 spiro atoms. The first-order chi connectivity index (χ1) is 10.4. The van der Waals surface area contributed by atoms with Crippen LogP contribution in [0.4, 0.5) is 4.79 Å². The van der Waals surface area contributed by atoms with Gasteiger partial charge in [-0.15, -0.1) is 11.3 Å². The second-order valence-corrected chi connectivity index (χ2v) is 6.84. The number of halogens is 1. The minimum atomic E-state index is -1.05. The molecule has 1 N–H and O–H groups in total. The van der Waals surface area contributed by atoms with Crippen molar-refractivity contribution in [3.63, 3.8) is 0 Å². The Morgan fingerprint density at radius 2 is 2.00 bits per heavy atom. The Kier molecular flexibility index (Phi) is 3.66. The molecule has 0 aliphatic carbocycles. The summed E-state index contributed by atoms with van der Waals surface area (Å²) in [6, 6.07) is 7.14. The molecule has 1 atom stereocenters. The van der Waals surface area contributed by atoms with Crippen LogP contribution in [0, 0.1) is 6.92 Å². The molecule has 22 heavy (non-hydrogen) atoms. The van der Waals surface area contributed by atoms with Gasteiger partial charge in [0.05, 0.1) is 12.2 Å². The monoisotopic (exact) mass is 335 g/mol. The number of urea groups is 1. The fourth-order valence-electron chi connectivity index (χ4n) is 2.44. The van der Waals surface area contributed by atoms with Crippen LogP contribution >= 0.6 is 22.9 Å². The van der Waals surface area contributed by atoms with Gasteiger partial charge in [0, 0.05) is 5.38 Å². The van der Waals surface area contributed by atoms with E-state index < -0.39 is 11.6 Å². The summed E-state index contributed by atoms with van der Waals surface area (Å²) in [5.41, 5.74) is 1.41. The molecule has 7 heteroatoms. The van der Waals surface area contributed by atoms with Crippen molar-refractivity contribution in [2.45, 2.75) is 25.9 Å². The van der Waals surface area contributed by atoms with Gasteiger partial charge in [0.1, 0.15) is 5.54 Å². The number of hydrogen-bond donors (Lipinski definition) is 1. The lowest BCUT2D eigenvalue weighted by Gasteiger charge is -2.22. The molecule has 0 unspecified atom stereocenters. The molecule has 1 saturated heterocycles. The van der Waals surface area contributed by atoms with Crippen LogP contribution in [0.1, 0.15) is 23.7 Å². The number of amides is 3. The highest BCUT2D eigenvalue weighted by atomic mass is 35.5. The Morgan fingerprint density at radius 1 is 1.32 bits per heavy atom. The minimum absolute atomic E-state index is 0.120. The Morgan fingerprint density at radius 3 is 2.59 bits per heavy atom. The van der Waals surface area contributed by atoms with Gasteiger partial charge in [0.25, 0.3) is 5.91 Å². The van der Waals surface area contributed by atoms with Crippen LogP contribution < -0.4 is 5.32 Å². The van der Waals surface area contributed by atoms with Gasteiger partial charge in [-0.05, 0) is 19.4 Å². The summed E-state index contributed by atoms with van der Waals surface area (Å²) in [5, 5.41) is 4.51. The lowest BCUT2D eigenvalue weighted by atomic mass is 9.91. The van der Waals surface area contributed by atoms with E-state index in [9.17, 15) is 9.59 Å². The van der Waals surface area contributed by atoms with E-state index in [1.54, 1.807) is 12.3 Å². The number of carbonyl (C=O) groups is 2. The first kappa shape index (κ1) is 15.0. The topological polar surface area (TPSA) is 62.3 Å². The Labute approximate surface area is 136 Å². The second-order valence-electron chi connectivity index (χ2n) is 5.40. The van der Waals surface area contributed by atoms with Gasteiger partial charge in [-0.1, -0.05) is 41.4 Å². The molecular weight excluding hydrogens is 322 g/mol. The molecule has 3 amide bonds. The van der Waals surface area contributed by atoms with Gasteiger partial charge in [-0.25, -0.2) is 9.78 Å². The number of thiazole rings is 1. The molecular formula is C15H14ClN3O2S. The number of imide groups is 1. The van der Waals surface area contributed by atoms with E-state index in [-0.39, 0.29) is 12.5 Å². The third-order valence-corrected chi connectivity index (χ3v) is 4.78. The van der Waals surface area contributed by atoms with E-state index in [1.807, 2.05) is 31.2 Å². The molecule has 1 aliphatic rings. The predicted octanol–water partition coefficient (Wildman–Crippen LogP) is 3.07. The highest BCUT2D eigenvalue weighted by Crippen LogP contribution is 2.30. The van der Waals surface area contributed by atoms with Crippen LogP contribution in [0.25, 0.3) is 0 Å². The lowest BCUT2D eigenvalue weighted by molar-refractivity contribution is -0.131. The van der Waals surface area contributed by atoms with Gasteiger partial charge < -0.3 is 5.32 Å². The first-order valence-electron chi connectivity index (χ1n) is 6.71. The summed E-state index contributed by atoms with van der Waals surface area (Å²) in [6.07, 6.45) is 0. The fourth-order valence-corrected chi connectivity index (χ4v) is 3.21. The standard InChI is InChI=1S/C15H14ClN3O2S/c1-9-3-5-10(6-4-9)15(2)12(20)19(14(21)18-15)7-11-8-22-13(16)17-11/h3-6,8H,7H2,1-2H3,(H,18,21)/t15-/m0/s1. The number of nitrogens with one attached hydrogen (secondary N) is 1. The molecule has 5 nitrogen and oxygen atoms in total. The predicted molar refractivity (Wildman–Crippen MR) is 84.7 cm³/mol.